The molecule has 3 aromatic rings. The monoisotopic (exact) mass is 272 g/mol. The Hall–Kier alpha value is -2.50. The lowest BCUT2D eigenvalue weighted by molar-refractivity contribution is 0.469. The number of rotatable bonds is 3. The molecule has 2 heterocycles. The average Bonchev–Trinajstić information content (AvgIpc) is 2.97. The first-order chi connectivity index (χ1) is 9.61. The van der Waals surface area contributed by atoms with Crippen LogP contribution >= 0.6 is 0 Å². The van der Waals surface area contributed by atoms with Gasteiger partial charge in [-0.25, -0.2) is 4.39 Å². The van der Waals surface area contributed by atoms with E-state index >= 15 is 0 Å². The second-order valence-electron chi connectivity index (χ2n) is 4.60. The lowest BCUT2D eigenvalue weighted by Crippen LogP contribution is -2.04. The van der Waals surface area contributed by atoms with Crippen LogP contribution in [0.3, 0.4) is 0 Å². The van der Waals surface area contributed by atoms with Gasteiger partial charge in [0.05, 0.1) is 5.69 Å². The fourth-order valence-electron chi connectivity index (χ4n) is 2.02. The first-order valence-electron chi connectivity index (χ1n) is 6.21. The third kappa shape index (κ3) is 2.45. The molecule has 0 radical (unpaired) electrons. The molecule has 1 aromatic carbocycles. The van der Waals surface area contributed by atoms with Gasteiger partial charge < -0.3 is 4.42 Å². The van der Waals surface area contributed by atoms with E-state index in [-0.39, 0.29) is 5.82 Å². The summed E-state index contributed by atoms with van der Waals surface area (Å²) >= 11 is 0. The summed E-state index contributed by atoms with van der Waals surface area (Å²) in [5.41, 5.74) is 2.53. The molecule has 0 atom stereocenters. The maximum absolute atomic E-state index is 13.2. The highest BCUT2D eigenvalue weighted by molar-refractivity contribution is 5.52. The summed E-state index contributed by atoms with van der Waals surface area (Å²) in [6.45, 7) is 4.29. The van der Waals surface area contributed by atoms with Crippen LogP contribution in [0.25, 0.3) is 11.5 Å². The van der Waals surface area contributed by atoms with Gasteiger partial charge in [-0.1, -0.05) is 6.07 Å². The molecule has 0 aliphatic rings. The molecule has 0 saturated carbocycles. The minimum atomic E-state index is -0.333. The van der Waals surface area contributed by atoms with Crippen molar-refractivity contribution in [3.05, 3.63) is 53.4 Å². The van der Waals surface area contributed by atoms with Crippen LogP contribution < -0.4 is 0 Å². The maximum Gasteiger partial charge on any atom is 0.247 e. The maximum atomic E-state index is 13.2. The van der Waals surface area contributed by atoms with Gasteiger partial charge in [0.25, 0.3) is 0 Å². The van der Waals surface area contributed by atoms with E-state index in [1.807, 2.05) is 19.9 Å². The highest BCUT2D eigenvalue weighted by Crippen LogP contribution is 2.19. The number of halogens is 1. The number of nitrogens with zero attached hydrogens (tertiary/aromatic N) is 4. The van der Waals surface area contributed by atoms with E-state index in [2.05, 4.69) is 15.3 Å². The third-order valence-corrected chi connectivity index (χ3v) is 2.93. The van der Waals surface area contributed by atoms with E-state index in [9.17, 15) is 4.39 Å². The van der Waals surface area contributed by atoms with Crippen LogP contribution in [0.2, 0.25) is 0 Å². The topological polar surface area (TPSA) is 56.7 Å². The van der Waals surface area contributed by atoms with Crippen molar-refractivity contribution in [2.24, 2.45) is 0 Å². The Labute approximate surface area is 115 Å². The second-order valence-corrected chi connectivity index (χ2v) is 4.60. The summed E-state index contributed by atoms with van der Waals surface area (Å²) in [4.78, 5) is 0. The molecule has 6 heteroatoms. The lowest BCUT2D eigenvalue weighted by Gasteiger charge is -1.99. The van der Waals surface area contributed by atoms with E-state index in [4.69, 9.17) is 4.42 Å². The van der Waals surface area contributed by atoms with Gasteiger partial charge in [0.15, 0.2) is 0 Å². The standard InChI is InChI=1S/C14H13FN4O/c1-9-6-10(2)19(18-9)8-13-16-17-14(20-13)11-4-3-5-12(15)7-11/h3-7H,8H2,1-2H3. The molecular weight excluding hydrogens is 259 g/mol. The Morgan fingerprint density at radius 2 is 2.05 bits per heavy atom. The lowest BCUT2D eigenvalue weighted by atomic mass is 10.2. The molecule has 5 nitrogen and oxygen atoms in total. The molecule has 2 aromatic heterocycles. The molecule has 0 bridgehead atoms. The summed E-state index contributed by atoms with van der Waals surface area (Å²) in [7, 11) is 0. The number of hydrogen-bond acceptors (Lipinski definition) is 4. The molecule has 0 N–H and O–H groups in total. The van der Waals surface area contributed by atoms with Crippen molar-refractivity contribution in [1.82, 2.24) is 20.0 Å². The summed E-state index contributed by atoms with van der Waals surface area (Å²) in [6, 6.07) is 8.04. The van der Waals surface area contributed by atoms with Crippen molar-refractivity contribution in [3.63, 3.8) is 0 Å². The van der Waals surface area contributed by atoms with Crippen molar-refractivity contribution >= 4 is 0 Å². The Balaban J connectivity index is 1.85. The molecule has 0 unspecified atom stereocenters. The first kappa shape index (κ1) is 12.5. The summed E-state index contributed by atoms with van der Waals surface area (Å²) in [5.74, 6) is 0.414. The molecule has 102 valence electrons. The molecule has 0 spiro atoms. The van der Waals surface area contributed by atoms with Crippen molar-refractivity contribution < 1.29 is 8.81 Å². The Bertz CT molecular complexity index is 747. The number of benzene rings is 1. The van der Waals surface area contributed by atoms with Gasteiger partial charge >= 0.3 is 0 Å². The van der Waals surface area contributed by atoms with E-state index in [1.54, 1.807) is 16.8 Å². The Morgan fingerprint density at radius 3 is 2.75 bits per heavy atom. The van der Waals surface area contributed by atoms with Gasteiger partial charge in [-0.15, -0.1) is 10.2 Å². The van der Waals surface area contributed by atoms with Crippen LogP contribution in [0, 0.1) is 19.7 Å². The predicted octanol–water partition coefficient (Wildman–Crippen LogP) is 2.74. The minimum absolute atomic E-state index is 0.307. The molecule has 3 rings (SSSR count). The van der Waals surface area contributed by atoms with E-state index in [1.165, 1.54) is 12.1 Å². The Morgan fingerprint density at radius 1 is 1.20 bits per heavy atom. The van der Waals surface area contributed by atoms with Gasteiger partial charge in [-0.2, -0.15) is 5.10 Å². The fraction of sp³-hybridized carbons (Fsp3) is 0.214. The van der Waals surface area contributed by atoms with Crippen LogP contribution in [-0.2, 0) is 6.54 Å². The normalized spacial score (nSPS) is 10.9. The molecule has 0 aliphatic heterocycles. The fourth-order valence-corrected chi connectivity index (χ4v) is 2.02. The van der Waals surface area contributed by atoms with E-state index in [0.717, 1.165) is 11.4 Å². The minimum Gasteiger partial charge on any atom is -0.419 e. The molecule has 0 amide bonds. The molecular formula is C14H13FN4O. The molecule has 0 fully saturated rings. The van der Waals surface area contributed by atoms with E-state index < -0.39 is 0 Å². The zero-order valence-corrected chi connectivity index (χ0v) is 11.2. The van der Waals surface area contributed by atoms with Gasteiger partial charge in [-0.05, 0) is 38.1 Å². The molecule has 0 aliphatic carbocycles. The molecule has 0 saturated heterocycles. The van der Waals surface area contributed by atoms with Crippen molar-refractivity contribution in [2.75, 3.05) is 0 Å². The third-order valence-electron chi connectivity index (χ3n) is 2.93. The zero-order valence-electron chi connectivity index (χ0n) is 11.2. The quantitative estimate of drug-likeness (QED) is 0.735. The first-order valence-corrected chi connectivity index (χ1v) is 6.21. The largest absolute Gasteiger partial charge is 0.419 e. The second kappa shape index (κ2) is 4.88. The van der Waals surface area contributed by atoms with Crippen LogP contribution in [0.1, 0.15) is 17.3 Å². The number of aromatic nitrogens is 4. The van der Waals surface area contributed by atoms with Crippen LogP contribution in [0.4, 0.5) is 4.39 Å². The molecule has 20 heavy (non-hydrogen) atoms. The van der Waals surface area contributed by atoms with Crippen LogP contribution in [0.15, 0.2) is 34.7 Å². The van der Waals surface area contributed by atoms with Crippen LogP contribution in [0.5, 0.6) is 0 Å². The SMILES string of the molecule is Cc1cc(C)n(Cc2nnc(-c3cccc(F)c3)o2)n1. The van der Waals surface area contributed by atoms with Gasteiger partial charge in [0, 0.05) is 11.3 Å². The summed E-state index contributed by atoms with van der Waals surface area (Å²) in [5, 5.41) is 12.2. The van der Waals surface area contributed by atoms with E-state index in [0.29, 0.717) is 23.9 Å². The zero-order chi connectivity index (χ0) is 14.1. The summed E-state index contributed by atoms with van der Waals surface area (Å²) in [6.07, 6.45) is 0. The van der Waals surface area contributed by atoms with Crippen molar-refractivity contribution in [1.29, 1.82) is 0 Å². The average molecular weight is 272 g/mol. The number of hydrogen-bond donors (Lipinski definition) is 0. The summed E-state index contributed by atoms with van der Waals surface area (Å²) < 4.78 is 20.5. The van der Waals surface area contributed by atoms with Gasteiger partial charge in [0.2, 0.25) is 11.8 Å². The van der Waals surface area contributed by atoms with Gasteiger partial charge in [0.1, 0.15) is 12.4 Å². The van der Waals surface area contributed by atoms with Gasteiger partial charge in [-0.3, -0.25) is 4.68 Å². The highest BCUT2D eigenvalue weighted by atomic mass is 19.1. The van der Waals surface area contributed by atoms with Crippen molar-refractivity contribution in [3.8, 4) is 11.5 Å². The smallest absolute Gasteiger partial charge is 0.247 e. The highest BCUT2D eigenvalue weighted by Gasteiger charge is 2.11. The predicted molar refractivity (Wildman–Crippen MR) is 70.5 cm³/mol. The number of aryl methyl sites for hydroxylation is 2. The van der Waals surface area contributed by atoms with Crippen molar-refractivity contribution in [2.45, 2.75) is 20.4 Å². The van der Waals surface area contributed by atoms with Crippen LogP contribution in [-0.4, -0.2) is 20.0 Å². The Kier molecular flexibility index (Phi) is 3.06.